The molecular weight excluding hydrogens is 222 g/mol. The maximum absolute atomic E-state index is 13.7. The molecule has 0 aliphatic heterocycles. The summed E-state index contributed by atoms with van der Waals surface area (Å²) in [7, 11) is 3.76. The van der Waals surface area contributed by atoms with Gasteiger partial charge in [0.25, 0.3) is 0 Å². The Morgan fingerprint density at radius 2 is 2.06 bits per heavy atom. The average Bonchev–Trinajstić information content (AvgIpc) is 3.06. The Morgan fingerprint density at radius 1 is 1.35 bits per heavy atom. The molecule has 1 N–H and O–H groups in total. The van der Waals surface area contributed by atoms with E-state index in [1.54, 1.807) is 0 Å². The van der Waals surface area contributed by atoms with Gasteiger partial charge in [0.1, 0.15) is 11.6 Å². The Bertz CT molecular complexity index is 389. The SMILES string of the molecule is CN(C)C(CNC1CC1)c1cc(F)ccc1F. The highest BCUT2D eigenvalue weighted by Crippen LogP contribution is 2.24. The van der Waals surface area contributed by atoms with Crippen LogP contribution in [0.15, 0.2) is 18.2 Å². The van der Waals surface area contributed by atoms with Gasteiger partial charge in [0.2, 0.25) is 0 Å². The topological polar surface area (TPSA) is 15.3 Å². The van der Waals surface area contributed by atoms with E-state index in [9.17, 15) is 8.78 Å². The summed E-state index contributed by atoms with van der Waals surface area (Å²) in [5.74, 6) is -0.734. The summed E-state index contributed by atoms with van der Waals surface area (Å²) >= 11 is 0. The van der Waals surface area contributed by atoms with Gasteiger partial charge >= 0.3 is 0 Å². The summed E-state index contributed by atoms with van der Waals surface area (Å²) in [6.45, 7) is 0.651. The third kappa shape index (κ3) is 3.23. The fraction of sp³-hybridized carbons (Fsp3) is 0.538. The molecule has 1 aromatic carbocycles. The van der Waals surface area contributed by atoms with Crippen LogP contribution in [0.3, 0.4) is 0 Å². The van der Waals surface area contributed by atoms with Crippen molar-refractivity contribution in [3.63, 3.8) is 0 Å². The second-order valence-corrected chi connectivity index (χ2v) is 4.83. The molecule has 1 atom stereocenters. The largest absolute Gasteiger partial charge is 0.312 e. The zero-order valence-corrected chi connectivity index (χ0v) is 10.2. The van der Waals surface area contributed by atoms with Crippen LogP contribution in [0.25, 0.3) is 0 Å². The summed E-state index contributed by atoms with van der Waals surface area (Å²) in [6, 6.07) is 4.06. The van der Waals surface area contributed by atoms with E-state index < -0.39 is 0 Å². The molecule has 1 aromatic rings. The molecule has 0 bridgehead atoms. The molecule has 0 spiro atoms. The molecule has 0 heterocycles. The average molecular weight is 240 g/mol. The normalized spacial score (nSPS) is 17.5. The third-order valence-corrected chi connectivity index (χ3v) is 3.12. The molecule has 0 radical (unpaired) electrons. The van der Waals surface area contributed by atoms with Crippen LogP contribution in [-0.2, 0) is 0 Å². The maximum Gasteiger partial charge on any atom is 0.128 e. The number of nitrogens with zero attached hydrogens (tertiary/aromatic N) is 1. The standard InChI is InChI=1S/C13H18F2N2/c1-17(2)13(8-16-10-4-5-10)11-7-9(14)3-6-12(11)15/h3,6-7,10,13,16H,4-5,8H2,1-2H3. The molecule has 1 fully saturated rings. The second-order valence-electron chi connectivity index (χ2n) is 4.83. The molecule has 17 heavy (non-hydrogen) atoms. The van der Waals surface area contributed by atoms with Gasteiger partial charge in [-0.3, -0.25) is 0 Å². The molecule has 94 valence electrons. The van der Waals surface area contributed by atoms with Crippen molar-refractivity contribution < 1.29 is 8.78 Å². The minimum Gasteiger partial charge on any atom is -0.312 e. The van der Waals surface area contributed by atoms with Gasteiger partial charge in [0, 0.05) is 24.2 Å². The first-order valence-electron chi connectivity index (χ1n) is 5.92. The fourth-order valence-corrected chi connectivity index (χ4v) is 1.91. The van der Waals surface area contributed by atoms with Gasteiger partial charge in [-0.1, -0.05) is 0 Å². The zero-order chi connectivity index (χ0) is 12.4. The number of halogens is 2. The zero-order valence-electron chi connectivity index (χ0n) is 10.2. The van der Waals surface area contributed by atoms with Crippen LogP contribution in [0.2, 0.25) is 0 Å². The Labute approximate surface area is 101 Å². The van der Waals surface area contributed by atoms with Crippen molar-refractivity contribution in [2.75, 3.05) is 20.6 Å². The van der Waals surface area contributed by atoms with Crippen LogP contribution in [0.5, 0.6) is 0 Å². The minimum atomic E-state index is -0.389. The monoisotopic (exact) mass is 240 g/mol. The van der Waals surface area contributed by atoms with Crippen LogP contribution in [0, 0.1) is 11.6 Å². The van der Waals surface area contributed by atoms with Gasteiger partial charge in [-0.15, -0.1) is 0 Å². The van der Waals surface area contributed by atoms with Crippen LogP contribution in [0.4, 0.5) is 8.78 Å². The number of benzene rings is 1. The number of hydrogen-bond donors (Lipinski definition) is 1. The molecule has 1 unspecified atom stereocenters. The van der Waals surface area contributed by atoms with E-state index in [-0.39, 0.29) is 17.7 Å². The molecule has 2 rings (SSSR count). The molecule has 1 aliphatic carbocycles. The van der Waals surface area contributed by atoms with Crippen molar-refractivity contribution in [1.82, 2.24) is 10.2 Å². The molecule has 1 saturated carbocycles. The van der Waals surface area contributed by atoms with E-state index in [4.69, 9.17) is 0 Å². The Balaban J connectivity index is 2.14. The van der Waals surface area contributed by atoms with Crippen molar-refractivity contribution in [1.29, 1.82) is 0 Å². The predicted molar refractivity (Wildman–Crippen MR) is 63.8 cm³/mol. The maximum atomic E-state index is 13.7. The minimum absolute atomic E-state index is 0.133. The quantitative estimate of drug-likeness (QED) is 0.849. The molecule has 0 saturated heterocycles. The second kappa shape index (κ2) is 5.10. The van der Waals surface area contributed by atoms with E-state index >= 15 is 0 Å². The molecule has 0 aromatic heterocycles. The first kappa shape index (κ1) is 12.5. The number of nitrogens with one attached hydrogen (secondary N) is 1. The predicted octanol–water partition coefficient (Wildman–Crippen LogP) is 2.32. The first-order valence-corrected chi connectivity index (χ1v) is 5.92. The van der Waals surface area contributed by atoms with Gasteiger partial charge in [-0.05, 0) is 45.1 Å². The van der Waals surface area contributed by atoms with E-state index in [1.807, 2.05) is 19.0 Å². The van der Waals surface area contributed by atoms with Crippen molar-refractivity contribution in [3.05, 3.63) is 35.4 Å². The summed E-state index contributed by atoms with van der Waals surface area (Å²) in [5, 5.41) is 3.35. The molecule has 0 amide bonds. The fourth-order valence-electron chi connectivity index (χ4n) is 1.91. The number of rotatable bonds is 5. The lowest BCUT2D eigenvalue weighted by molar-refractivity contribution is 0.280. The van der Waals surface area contributed by atoms with Crippen molar-refractivity contribution in [3.8, 4) is 0 Å². The Hall–Kier alpha value is -1.00. The summed E-state index contributed by atoms with van der Waals surface area (Å²) in [4.78, 5) is 1.91. The van der Waals surface area contributed by atoms with Crippen LogP contribution in [-0.4, -0.2) is 31.6 Å². The van der Waals surface area contributed by atoms with Gasteiger partial charge in [-0.25, -0.2) is 8.78 Å². The molecule has 4 heteroatoms. The summed E-state index contributed by atoms with van der Waals surface area (Å²) < 4.78 is 26.9. The molecular formula is C13H18F2N2. The molecule has 1 aliphatic rings. The third-order valence-electron chi connectivity index (χ3n) is 3.12. The lowest BCUT2D eigenvalue weighted by Gasteiger charge is -2.25. The van der Waals surface area contributed by atoms with Crippen molar-refractivity contribution >= 4 is 0 Å². The Morgan fingerprint density at radius 3 is 2.65 bits per heavy atom. The van der Waals surface area contributed by atoms with Crippen LogP contribution >= 0.6 is 0 Å². The summed E-state index contributed by atoms with van der Waals surface area (Å²) in [5.41, 5.74) is 0.420. The number of likely N-dealkylation sites (N-methyl/N-ethyl adjacent to an activating group) is 1. The van der Waals surface area contributed by atoms with Crippen LogP contribution in [0.1, 0.15) is 24.4 Å². The molecule has 2 nitrogen and oxygen atoms in total. The highest BCUT2D eigenvalue weighted by Gasteiger charge is 2.24. The number of hydrogen-bond acceptors (Lipinski definition) is 2. The Kier molecular flexibility index (Phi) is 3.74. The lowest BCUT2D eigenvalue weighted by Crippen LogP contribution is -2.32. The van der Waals surface area contributed by atoms with E-state index in [2.05, 4.69) is 5.32 Å². The summed E-state index contributed by atoms with van der Waals surface area (Å²) in [6.07, 6.45) is 2.37. The van der Waals surface area contributed by atoms with Crippen LogP contribution < -0.4 is 5.32 Å². The van der Waals surface area contributed by atoms with Crippen molar-refractivity contribution in [2.24, 2.45) is 0 Å². The van der Waals surface area contributed by atoms with Crippen molar-refractivity contribution in [2.45, 2.75) is 24.9 Å². The van der Waals surface area contributed by atoms with E-state index in [0.717, 1.165) is 6.07 Å². The lowest BCUT2D eigenvalue weighted by atomic mass is 10.0. The van der Waals surface area contributed by atoms with Gasteiger partial charge in [-0.2, -0.15) is 0 Å². The van der Waals surface area contributed by atoms with Gasteiger partial charge in [0.05, 0.1) is 0 Å². The highest BCUT2D eigenvalue weighted by atomic mass is 19.1. The first-order chi connectivity index (χ1) is 8.08. The smallest absolute Gasteiger partial charge is 0.128 e. The van der Waals surface area contributed by atoms with E-state index in [1.165, 1.54) is 25.0 Å². The highest BCUT2D eigenvalue weighted by molar-refractivity contribution is 5.22. The van der Waals surface area contributed by atoms with E-state index in [0.29, 0.717) is 18.2 Å². The van der Waals surface area contributed by atoms with Gasteiger partial charge < -0.3 is 10.2 Å². The van der Waals surface area contributed by atoms with Gasteiger partial charge in [0.15, 0.2) is 0 Å².